The molecule has 0 bridgehead atoms. The van der Waals surface area contributed by atoms with E-state index in [1.807, 2.05) is 0 Å². The van der Waals surface area contributed by atoms with E-state index in [9.17, 15) is 19.5 Å². The second-order valence-corrected chi connectivity index (χ2v) is 8.01. The summed E-state index contributed by atoms with van der Waals surface area (Å²) in [5, 5.41) is 18.1. The molecule has 0 unspecified atom stereocenters. The van der Waals surface area contributed by atoms with Crippen LogP contribution in [0.4, 0.5) is 0 Å². The van der Waals surface area contributed by atoms with Crippen LogP contribution in [0, 0.1) is 11.8 Å². The van der Waals surface area contributed by atoms with Gasteiger partial charge in [0, 0.05) is 43.6 Å². The molecule has 1 atom stereocenters. The molecular formula is C24H23N5O4. The molecule has 9 nitrogen and oxygen atoms in total. The van der Waals surface area contributed by atoms with Crippen LogP contribution in [-0.2, 0) is 4.79 Å². The van der Waals surface area contributed by atoms with E-state index in [-0.39, 0.29) is 23.9 Å². The fourth-order valence-electron chi connectivity index (χ4n) is 3.74. The fraction of sp³-hybridized carbons (Fsp3) is 0.250. The first-order valence-electron chi connectivity index (χ1n) is 10.4. The van der Waals surface area contributed by atoms with Gasteiger partial charge in [0.05, 0.1) is 17.6 Å². The van der Waals surface area contributed by atoms with E-state index < -0.39 is 11.5 Å². The number of benzene rings is 2. The summed E-state index contributed by atoms with van der Waals surface area (Å²) in [7, 11) is 3.22. The fourth-order valence-corrected chi connectivity index (χ4v) is 3.74. The lowest BCUT2D eigenvalue weighted by molar-refractivity contribution is -0.138. The van der Waals surface area contributed by atoms with E-state index >= 15 is 0 Å². The minimum Gasteiger partial charge on any atom is -0.377 e. The average molecular weight is 445 g/mol. The Morgan fingerprint density at radius 1 is 1.24 bits per heavy atom. The van der Waals surface area contributed by atoms with Gasteiger partial charge in [0.15, 0.2) is 5.69 Å². The molecule has 3 aromatic rings. The van der Waals surface area contributed by atoms with Crippen molar-refractivity contribution < 1.29 is 19.5 Å². The molecule has 2 heterocycles. The van der Waals surface area contributed by atoms with Gasteiger partial charge in [0.2, 0.25) is 5.91 Å². The second kappa shape index (κ2) is 8.41. The number of aromatic nitrogens is 2. The first kappa shape index (κ1) is 22.0. The van der Waals surface area contributed by atoms with Crippen molar-refractivity contribution in [1.29, 1.82) is 0 Å². The van der Waals surface area contributed by atoms with E-state index in [1.165, 1.54) is 7.05 Å². The van der Waals surface area contributed by atoms with Gasteiger partial charge in [-0.2, -0.15) is 5.10 Å². The van der Waals surface area contributed by atoms with Gasteiger partial charge >= 0.3 is 0 Å². The molecule has 3 amide bonds. The number of likely N-dealkylation sites (tertiary alicyclic amines) is 1. The van der Waals surface area contributed by atoms with Gasteiger partial charge in [-0.1, -0.05) is 17.9 Å². The lowest BCUT2D eigenvalue weighted by atomic mass is 9.91. The maximum atomic E-state index is 12.0. The standard InChI is InChI=1S/C24H23N5O4/c1-26-23(32)16-6-7-19-18(13-16)21(22(25)31)27-29(19)17-5-3-4-15(12-17)8-9-24(33)10-11-28(2)20(30)14-24/h3-7,12-13,33H,10-11,14H2,1-2H3,(H2,25,31)(H,26,32)/t24-/m0/s1. The highest BCUT2D eigenvalue weighted by Gasteiger charge is 2.34. The van der Waals surface area contributed by atoms with Crippen LogP contribution in [0.3, 0.4) is 0 Å². The lowest BCUT2D eigenvalue weighted by Crippen LogP contribution is -2.45. The summed E-state index contributed by atoms with van der Waals surface area (Å²) in [5.41, 5.74) is 6.42. The van der Waals surface area contributed by atoms with Crippen molar-refractivity contribution in [1.82, 2.24) is 20.0 Å². The van der Waals surface area contributed by atoms with Crippen molar-refractivity contribution in [2.75, 3.05) is 20.6 Å². The van der Waals surface area contributed by atoms with Gasteiger partial charge < -0.3 is 21.1 Å². The molecule has 4 N–H and O–H groups in total. The topological polar surface area (TPSA) is 131 Å². The van der Waals surface area contributed by atoms with Gasteiger partial charge in [-0.25, -0.2) is 4.68 Å². The number of hydrogen-bond acceptors (Lipinski definition) is 5. The number of carbonyl (C=O) groups excluding carboxylic acids is 3. The monoisotopic (exact) mass is 445 g/mol. The third kappa shape index (κ3) is 4.29. The molecule has 0 radical (unpaired) electrons. The van der Waals surface area contributed by atoms with Gasteiger partial charge in [-0.15, -0.1) is 0 Å². The molecule has 1 aliphatic rings. The Morgan fingerprint density at radius 3 is 2.73 bits per heavy atom. The van der Waals surface area contributed by atoms with Crippen LogP contribution in [0.25, 0.3) is 16.6 Å². The number of rotatable bonds is 3. The molecule has 33 heavy (non-hydrogen) atoms. The van der Waals surface area contributed by atoms with Crippen LogP contribution in [-0.4, -0.2) is 63.7 Å². The molecule has 1 aromatic heterocycles. The second-order valence-electron chi connectivity index (χ2n) is 8.01. The number of piperidine rings is 1. The molecule has 168 valence electrons. The number of hydrogen-bond donors (Lipinski definition) is 3. The largest absolute Gasteiger partial charge is 0.377 e. The maximum Gasteiger partial charge on any atom is 0.269 e. The predicted molar refractivity (Wildman–Crippen MR) is 122 cm³/mol. The molecule has 4 rings (SSSR count). The Hall–Kier alpha value is -4.16. The van der Waals surface area contributed by atoms with E-state index in [1.54, 1.807) is 59.1 Å². The summed E-state index contributed by atoms with van der Waals surface area (Å²) >= 11 is 0. The zero-order valence-corrected chi connectivity index (χ0v) is 18.3. The normalized spacial score (nSPS) is 18.0. The summed E-state index contributed by atoms with van der Waals surface area (Å²) in [6, 6.07) is 12.0. The first-order chi connectivity index (χ1) is 15.7. The van der Waals surface area contributed by atoms with Crippen LogP contribution in [0.15, 0.2) is 42.5 Å². The number of nitrogens with one attached hydrogen (secondary N) is 1. The molecule has 1 fully saturated rings. The number of primary amides is 1. The SMILES string of the molecule is CNC(=O)c1ccc2c(c1)c(C(N)=O)nn2-c1cccc(C#C[C@]2(O)CCN(C)C(=O)C2)c1. The van der Waals surface area contributed by atoms with Crippen molar-refractivity contribution in [3.05, 3.63) is 59.3 Å². The van der Waals surface area contributed by atoms with Crippen LogP contribution < -0.4 is 11.1 Å². The number of nitrogens with zero attached hydrogens (tertiary/aromatic N) is 3. The quantitative estimate of drug-likeness (QED) is 0.514. The molecule has 2 aromatic carbocycles. The highest BCUT2D eigenvalue weighted by Crippen LogP contribution is 2.25. The molecule has 9 heteroatoms. The van der Waals surface area contributed by atoms with Gasteiger partial charge in [-0.3, -0.25) is 14.4 Å². The third-order valence-electron chi connectivity index (χ3n) is 5.66. The van der Waals surface area contributed by atoms with Crippen molar-refractivity contribution in [2.24, 2.45) is 5.73 Å². The van der Waals surface area contributed by atoms with Gasteiger partial charge in [0.25, 0.3) is 11.8 Å². The molecular weight excluding hydrogens is 422 g/mol. The Morgan fingerprint density at radius 2 is 2.03 bits per heavy atom. The van der Waals surface area contributed by atoms with Crippen LogP contribution >= 0.6 is 0 Å². The Bertz CT molecular complexity index is 1350. The molecule has 0 saturated carbocycles. The summed E-state index contributed by atoms with van der Waals surface area (Å²) in [5.74, 6) is 4.65. The summed E-state index contributed by atoms with van der Waals surface area (Å²) in [4.78, 5) is 37.5. The minimum absolute atomic E-state index is 0.0460. The zero-order valence-electron chi connectivity index (χ0n) is 18.3. The molecule has 1 aliphatic heterocycles. The maximum absolute atomic E-state index is 12.0. The van der Waals surface area contributed by atoms with E-state index in [0.717, 1.165) is 0 Å². The van der Waals surface area contributed by atoms with Crippen LogP contribution in [0.2, 0.25) is 0 Å². The van der Waals surface area contributed by atoms with Gasteiger partial charge in [0.1, 0.15) is 5.60 Å². The molecule has 0 aliphatic carbocycles. The van der Waals surface area contributed by atoms with Crippen LogP contribution in [0.5, 0.6) is 0 Å². The summed E-state index contributed by atoms with van der Waals surface area (Å²) in [6.45, 7) is 0.442. The Labute approximate surface area is 190 Å². The Kier molecular flexibility index (Phi) is 5.62. The number of nitrogens with two attached hydrogens (primary N) is 1. The van der Waals surface area contributed by atoms with E-state index in [0.29, 0.717) is 40.7 Å². The van der Waals surface area contributed by atoms with Crippen molar-refractivity contribution >= 4 is 28.6 Å². The lowest BCUT2D eigenvalue weighted by Gasteiger charge is -2.32. The number of fused-ring (bicyclic) bond motifs is 1. The Balaban J connectivity index is 1.73. The number of amides is 3. The van der Waals surface area contributed by atoms with Crippen LogP contribution in [0.1, 0.15) is 39.3 Å². The van der Waals surface area contributed by atoms with Crippen molar-refractivity contribution in [3.8, 4) is 17.5 Å². The van der Waals surface area contributed by atoms with Crippen molar-refractivity contribution in [2.45, 2.75) is 18.4 Å². The number of aliphatic hydroxyl groups is 1. The average Bonchev–Trinajstić information content (AvgIpc) is 3.19. The highest BCUT2D eigenvalue weighted by atomic mass is 16.3. The van der Waals surface area contributed by atoms with Crippen molar-refractivity contribution in [3.63, 3.8) is 0 Å². The van der Waals surface area contributed by atoms with E-state index in [4.69, 9.17) is 5.73 Å². The van der Waals surface area contributed by atoms with Gasteiger partial charge in [-0.05, 0) is 36.4 Å². The third-order valence-corrected chi connectivity index (χ3v) is 5.66. The first-order valence-corrected chi connectivity index (χ1v) is 10.4. The molecule has 1 saturated heterocycles. The zero-order chi connectivity index (χ0) is 23.8. The minimum atomic E-state index is -1.37. The highest BCUT2D eigenvalue weighted by molar-refractivity contribution is 6.07. The predicted octanol–water partition coefficient (Wildman–Crippen LogP) is 0.819. The summed E-state index contributed by atoms with van der Waals surface area (Å²) in [6.07, 6.45) is 0.330. The molecule has 0 spiro atoms. The van der Waals surface area contributed by atoms with E-state index in [2.05, 4.69) is 22.3 Å². The smallest absolute Gasteiger partial charge is 0.269 e. The summed E-state index contributed by atoms with van der Waals surface area (Å²) < 4.78 is 1.56. The number of carbonyl (C=O) groups is 3.